The van der Waals surface area contributed by atoms with Gasteiger partial charge in [-0.25, -0.2) is 8.42 Å². The fraction of sp³-hybridized carbons (Fsp3) is 0.269. The highest BCUT2D eigenvalue weighted by Crippen LogP contribution is 2.25. The minimum Gasteiger partial charge on any atom is -0.346 e. The average Bonchev–Trinajstić information content (AvgIpc) is 2.80. The first-order valence-electron chi connectivity index (χ1n) is 10.9. The zero-order valence-electron chi connectivity index (χ0n) is 18.4. The molecule has 0 saturated carbocycles. The summed E-state index contributed by atoms with van der Waals surface area (Å²) in [7, 11) is -3.68. The van der Waals surface area contributed by atoms with Gasteiger partial charge >= 0.3 is 0 Å². The molecule has 0 aliphatic heterocycles. The molecule has 166 valence electrons. The Balaban J connectivity index is 1.46. The summed E-state index contributed by atoms with van der Waals surface area (Å²) in [6, 6.07) is 19.6. The minimum absolute atomic E-state index is 0.119. The van der Waals surface area contributed by atoms with Crippen LogP contribution in [0, 0.1) is 6.92 Å². The van der Waals surface area contributed by atoms with E-state index in [2.05, 4.69) is 28.2 Å². The Labute approximate surface area is 189 Å². The fourth-order valence-electron chi connectivity index (χ4n) is 4.11. The van der Waals surface area contributed by atoms with E-state index in [4.69, 9.17) is 0 Å². The third kappa shape index (κ3) is 4.86. The predicted octanol–water partition coefficient (Wildman–Crippen LogP) is 5.17. The van der Waals surface area contributed by atoms with E-state index in [1.54, 1.807) is 55.5 Å². The molecule has 2 N–H and O–H groups in total. The van der Waals surface area contributed by atoms with Gasteiger partial charge in [-0.1, -0.05) is 36.4 Å². The van der Waals surface area contributed by atoms with Crippen molar-refractivity contribution in [1.82, 2.24) is 5.32 Å². The van der Waals surface area contributed by atoms with Gasteiger partial charge in [0.2, 0.25) is 0 Å². The maximum Gasteiger partial charge on any atom is 0.261 e. The first-order chi connectivity index (χ1) is 15.3. The van der Waals surface area contributed by atoms with Crippen molar-refractivity contribution < 1.29 is 13.2 Å². The second-order valence-corrected chi connectivity index (χ2v) is 10.1. The zero-order valence-corrected chi connectivity index (χ0v) is 19.2. The van der Waals surface area contributed by atoms with Gasteiger partial charge in [0.1, 0.15) is 0 Å². The molecule has 3 aromatic rings. The topological polar surface area (TPSA) is 75.3 Å². The van der Waals surface area contributed by atoms with Crippen LogP contribution >= 0.6 is 0 Å². The van der Waals surface area contributed by atoms with Gasteiger partial charge in [-0.15, -0.1) is 0 Å². The van der Waals surface area contributed by atoms with E-state index < -0.39 is 10.0 Å². The van der Waals surface area contributed by atoms with Gasteiger partial charge in [0.05, 0.1) is 16.6 Å². The second-order valence-electron chi connectivity index (χ2n) is 8.38. The summed E-state index contributed by atoms with van der Waals surface area (Å²) >= 11 is 0. The molecule has 4 rings (SSSR count). The van der Waals surface area contributed by atoms with Crippen LogP contribution < -0.4 is 10.0 Å². The predicted molar refractivity (Wildman–Crippen MR) is 127 cm³/mol. The molecule has 0 aromatic heterocycles. The number of sulfonamides is 1. The molecule has 0 radical (unpaired) electrons. The van der Waals surface area contributed by atoms with E-state index >= 15 is 0 Å². The van der Waals surface area contributed by atoms with Gasteiger partial charge in [0, 0.05) is 5.56 Å². The Hall–Kier alpha value is -3.12. The van der Waals surface area contributed by atoms with Crippen molar-refractivity contribution in [3.63, 3.8) is 0 Å². The number of amides is 1. The van der Waals surface area contributed by atoms with Crippen LogP contribution in [0.25, 0.3) is 0 Å². The Morgan fingerprint density at radius 2 is 1.62 bits per heavy atom. The molecule has 1 aliphatic carbocycles. The zero-order chi connectivity index (χ0) is 22.7. The van der Waals surface area contributed by atoms with Crippen molar-refractivity contribution >= 4 is 21.6 Å². The van der Waals surface area contributed by atoms with Crippen molar-refractivity contribution in [3.8, 4) is 0 Å². The first kappa shape index (κ1) is 22.1. The number of fused-ring (bicyclic) bond motifs is 1. The summed E-state index contributed by atoms with van der Waals surface area (Å²) in [6.45, 7) is 3.77. The largest absolute Gasteiger partial charge is 0.346 e. The number of anilines is 1. The van der Waals surface area contributed by atoms with E-state index in [0.29, 0.717) is 16.8 Å². The summed E-state index contributed by atoms with van der Waals surface area (Å²) in [6.07, 6.45) is 4.70. The van der Waals surface area contributed by atoms with Crippen LogP contribution in [-0.4, -0.2) is 14.3 Å². The van der Waals surface area contributed by atoms with Gasteiger partial charge in [-0.05, 0) is 92.1 Å². The lowest BCUT2D eigenvalue weighted by molar-refractivity contribution is 0.0940. The quantitative estimate of drug-likeness (QED) is 0.547. The standard InChI is InChI=1S/C26H28N2O3S/c1-18-16-23(14-15-25(18)28-32(30,31)24-10-4-3-5-11-24)26(29)27-19(2)21-13-12-20-8-6-7-9-22(20)17-21/h3-5,10-17,19,28H,6-9H2,1-2H3,(H,27,29). The number of nitrogens with one attached hydrogen (secondary N) is 2. The monoisotopic (exact) mass is 448 g/mol. The highest BCUT2D eigenvalue weighted by atomic mass is 32.2. The number of aryl methyl sites for hydroxylation is 3. The molecule has 3 aromatic carbocycles. The van der Waals surface area contributed by atoms with Crippen LogP contribution in [0.3, 0.4) is 0 Å². The van der Waals surface area contributed by atoms with Crippen LogP contribution in [0.4, 0.5) is 5.69 Å². The Morgan fingerprint density at radius 1 is 0.906 bits per heavy atom. The van der Waals surface area contributed by atoms with Crippen molar-refractivity contribution in [2.45, 2.75) is 50.5 Å². The molecule has 32 heavy (non-hydrogen) atoms. The van der Waals surface area contributed by atoms with E-state index in [-0.39, 0.29) is 16.8 Å². The Bertz CT molecular complexity index is 1240. The SMILES string of the molecule is Cc1cc(C(=O)NC(C)c2ccc3c(c2)CCCC3)ccc1NS(=O)(=O)c1ccccc1. The molecule has 1 atom stereocenters. The molecule has 0 fully saturated rings. The van der Waals surface area contributed by atoms with Crippen molar-refractivity contribution in [2.24, 2.45) is 0 Å². The lowest BCUT2D eigenvalue weighted by Crippen LogP contribution is -2.27. The highest BCUT2D eigenvalue weighted by Gasteiger charge is 2.18. The van der Waals surface area contributed by atoms with Crippen LogP contribution in [-0.2, 0) is 22.9 Å². The number of carbonyl (C=O) groups excluding carboxylic acids is 1. The molecular formula is C26H28N2O3S. The lowest BCUT2D eigenvalue weighted by atomic mass is 9.89. The van der Waals surface area contributed by atoms with Gasteiger partial charge < -0.3 is 5.32 Å². The van der Waals surface area contributed by atoms with Gasteiger partial charge in [-0.3, -0.25) is 9.52 Å². The summed E-state index contributed by atoms with van der Waals surface area (Å²) in [5.41, 5.74) is 5.54. The van der Waals surface area contributed by atoms with Crippen LogP contribution in [0.5, 0.6) is 0 Å². The summed E-state index contributed by atoms with van der Waals surface area (Å²) < 4.78 is 27.8. The van der Waals surface area contributed by atoms with E-state index in [9.17, 15) is 13.2 Å². The summed E-state index contributed by atoms with van der Waals surface area (Å²) in [4.78, 5) is 13.0. The third-order valence-corrected chi connectivity index (χ3v) is 7.39. The number of rotatable bonds is 6. The number of benzene rings is 3. The van der Waals surface area contributed by atoms with Crippen LogP contribution in [0.1, 0.15) is 58.4 Å². The van der Waals surface area contributed by atoms with Crippen molar-refractivity contribution in [2.75, 3.05) is 4.72 Å². The van der Waals surface area contributed by atoms with Crippen LogP contribution in [0.15, 0.2) is 71.6 Å². The molecule has 1 aliphatic rings. The first-order valence-corrected chi connectivity index (χ1v) is 12.4. The normalized spacial score (nSPS) is 14.3. The molecule has 0 saturated heterocycles. The van der Waals surface area contributed by atoms with Crippen LogP contribution in [0.2, 0.25) is 0 Å². The van der Waals surface area contributed by atoms with Gasteiger partial charge in [0.15, 0.2) is 0 Å². The van der Waals surface area contributed by atoms with E-state index in [1.807, 2.05) is 6.92 Å². The molecule has 0 spiro atoms. The van der Waals surface area contributed by atoms with Crippen molar-refractivity contribution in [1.29, 1.82) is 0 Å². The molecule has 6 heteroatoms. The third-order valence-electron chi connectivity index (χ3n) is 6.01. The minimum atomic E-state index is -3.68. The number of carbonyl (C=O) groups is 1. The molecule has 0 heterocycles. The number of hydrogen-bond donors (Lipinski definition) is 2. The molecule has 1 amide bonds. The smallest absolute Gasteiger partial charge is 0.261 e. The highest BCUT2D eigenvalue weighted by molar-refractivity contribution is 7.92. The Morgan fingerprint density at radius 3 is 2.34 bits per heavy atom. The van der Waals surface area contributed by atoms with E-state index in [0.717, 1.165) is 18.4 Å². The summed E-state index contributed by atoms with van der Waals surface area (Å²) in [5, 5.41) is 3.06. The second kappa shape index (κ2) is 9.17. The average molecular weight is 449 g/mol. The molecule has 1 unspecified atom stereocenters. The maximum absolute atomic E-state index is 12.8. The Kier molecular flexibility index (Phi) is 6.33. The van der Waals surface area contributed by atoms with Gasteiger partial charge in [0.25, 0.3) is 15.9 Å². The van der Waals surface area contributed by atoms with Crippen molar-refractivity contribution in [3.05, 3.63) is 94.5 Å². The van der Waals surface area contributed by atoms with Gasteiger partial charge in [-0.2, -0.15) is 0 Å². The lowest BCUT2D eigenvalue weighted by Gasteiger charge is -2.20. The molecule has 5 nitrogen and oxygen atoms in total. The maximum atomic E-state index is 12.8. The number of hydrogen-bond acceptors (Lipinski definition) is 3. The fourth-order valence-corrected chi connectivity index (χ4v) is 5.26. The summed E-state index contributed by atoms with van der Waals surface area (Å²) in [5.74, 6) is -0.184. The molecule has 0 bridgehead atoms. The van der Waals surface area contributed by atoms with E-state index in [1.165, 1.54) is 24.0 Å². The molecular weight excluding hydrogens is 420 g/mol.